The highest BCUT2D eigenvalue weighted by atomic mass is 79.9. The molecule has 21 heavy (non-hydrogen) atoms. The molecule has 0 saturated heterocycles. The number of anilines is 2. The molecule has 1 heterocycles. The predicted octanol–water partition coefficient (Wildman–Crippen LogP) is 3.87. The SMILES string of the molecule is O=S(=O)(Nc1ccc(Cl)cc1Br)c1ccc2c(c1)NCC2. The Labute approximate surface area is 136 Å². The van der Waals surface area contributed by atoms with Crippen molar-refractivity contribution in [3.05, 3.63) is 51.5 Å². The van der Waals surface area contributed by atoms with Gasteiger partial charge in [-0.1, -0.05) is 17.7 Å². The summed E-state index contributed by atoms with van der Waals surface area (Å²) < 4.78 is 28.0. The highest BCUT2D eigenvalue weighted by molar-refractivity contribution is 9.10. The number of benzene rings is 2. The van der Waals surface area contributed by atoms with E-state index in [0.717, 1.165) is 24.2 Å². The molecule has 0 radical (unpaired) electrons. The summed E-state index contributed by atoms with van der Waals surface area (Å²) in [5.74, 6) is 0. The van der Waals surface area contributed by atoms with Crippen LogP contribution in [0.25, 0.3) is 0 Å². The van der Waals surface area contributed by atoms with Gasteiger partial charge in [0.15, 0.2) is 0 Å². The lowest BCUT2D eigenvalue weighted by molar-refractivity contribution is 0.601. The fourth-order valence-corrected chi connectivity index (χ4v) is 4.23. The van der Waals surface area contributed by atoms with Gasteiger partial charge in [0.05, 0.1) is 10.6 Å². The maximum absolute atomic E-state index is 12.4. The quantitative estimate of drug-likeness (QED) is 0.840. The van der Waals surface area contributed by atoms with Crippen LogP contribution in [0.4, 0.5) is 11.4 Å². The van der Waals surface area contributed by atoms with Crippen LogP contribution < -0.4 is 10.0 Å². The first-order chi connectivity index (χ1) is 9.95. The van der Waals surface area contributed by atoms with E-state index in [1.165, 1.54) is 0 Å². The largest absolute Gasteiger partial charge is 0.384 e. The molecule has 0 atom stereocenters. The minimum atomic E-state index is -3.63. The van der Waals surface area contributed by atoms with Crippen molar-refractivity contribution in [2.24, 2.45) is 0 Å². The van der Waals surface area contributed by atoms with E-state index >= 15 is 0 Å². The third kappa shape index (κ3) is 3.02. The van der Waals surface area contributed by atoms with Crippen LogP contribution in [0.2, 0.25) is 5.02 Å². The first-order valence-electron chi connectivity index (χ1n) is 6.30. The van der Waals surface area contributed by atoms with Gasteiger partial charge >= 0.3 is 0 Å². The molecule has 0 amide bonds. The summed E-state index contributed by atoms with van der Waals surface area (Å²) in [5, 5.41) is 3.71. The zero-order valence-electron chi connectivity index (χ0n) is 10.9. The maximum atomic E-state index is 12.4. The number of sulfonamides is 1. The Morgan fingerprint density at radius 1 is 1.19 bits per heavy atom. The van der Waals surface area contributed by atoms with Crippen LogP contribution in [0.3, 0.4) is 0 Å². The number of nitrogens with one attached hydrogen (secondary N) is 2. The van der Waals surface area contributed by atoms with Gasteiger partial charge in [-0.05, 0) is 58.2 Å². The summed E-state index contributed by atoms with van der Waals surface area (Å²) in [4.78, 5) is 0.234. The highest BCUT2D eigenvalue weighted by Crippen LogP contribution is 2.30. The van der Waals surface area contributed by atoms with Crippen molar-refractivity contribution in [1.82, 2.24) is 0 Å². The smallest absolute Gasteiger partial charge is 0.262 e. The van der Waals surface area contributed by atoms with E-state index in [1.807, 2.05) is 6.07 Å². The van der Waals surface area contributed by atoms with Gasteiger partial charge in [-0.3, -0.25) is 4.72 Å². The fraction of sp³-hybridized carbons (Fsp3) is 0.143. The molecule has 110 valence electrons. The van der Waals surface area contributed by atoms with Crippen LogP contribution in [0.5, 0.6) is 0 Å². The topological polar surface area (TPSA) is 58.2 Å². The molecule has 0 bridgehead atoms. The zero-order chi connectivity index (χ0) is 15.0. The second-order valence-electron chi connectivity index (χ2n) is 4.73. The van der Waals surface area contributed by atoms with E-state index in [1.54, 1.807) is 30.3 Å². The van der Waals surface area contributed by atoms with E-state index in [-0.39, 0.29) is 4.90 Å². The van der Waals surface area contributed by atoms with Crippen LogP contribution >= 0.6 is 27.5 Å². The molecule has 7 heteroatoms. The van der Waals surface area contributed by atoms with Gasteiger partial charge < -0.3 is 5.32 Å². The molecule has 2 N–H and O–H groups in total. The number of fused-ring (bicyclic) bond motifs is 1. The van der Waals surface area contributed by atoms with E-state index in [0.29, 0.717) is 15.2 Å². The van der Waals surface area contributed by atoms with Crippen molar-refractivity contribution in [3.63, 3.8) is 0 Å². The van der Waals surface area contributed by atoms with Gasteiger partial charge in [-0.2, -0.15) is 0 Å². The highest BCUT2D eigenvalue weighted by Gasteiger charge is 2.19. The second kappa shape index (κ2) is 5.51. The maximum Gasteiger partial charge on any atom is 0.262 e. The lowest BCUT2D eigenvalue weighted by Crippen LogP contribution is -2.13. The van der Waals surface area contributed by atoms with Crippen molar-refractivity contribution in [1.29, 1.82) is 0 Å². The molecule has 0 spiro atoms. The van der Waals surface area contributed by atoms with Crippen molar-refractivity contribution in [2.75, 3.05) is 16.6 Å². The molecule has 0 aliphatic carbocycles. The normalized spacial score (nSPS) is 13.6. The van der Waals surface area contributed by atoms with Crippen molar-refractivity contribution >= 4 is 48.9 Å². The van der Waals surface area contributed by atoms with Crippen molar-refractivity contribution < 1.29 is 8.42 Å². The molecule has 2 aromatic rings. The van der Waals surface area contributed by atoms with Crippen LogP contribution in [0.15, 0.2) is 45.8 Å². The molecule has 4 nitrogen and oxygen atoms in total. The Balaban J connectivity index is 1.93. The molecule has 0 aromatic heterocycles. The Kier molecular flexibility index (Phi) is 3.86. The number of rotatable bonds is 3. The Morgan fingerprint density at radius 2 is 2.00 bits per heavy atom. The van der Waals surface area contributed by atoms with Crippen LogP contribution in [-0.2, 0) is 16.4 Å². The minimum absolute atomic E-state index is 0.234. The van der Waals surface area contributed by atoms with Crippen molar-refractivity contribution in [2.45, 2.75) is 11.3 Å². The molecular formula is C14H12BrClN2O2S. The van der Waals surface area contributed by atoms with Crippen LogP contribution in [0, 0.1) is 0 Å². The summed E-state index contributed by atoms with van der Waals surface area (Å²) in [6, 6.07) is 10.0. The first-order valence-corrected chi connectivity index (χ1v) is 8.96. The van der Waals surface area contributed by atoms with Gasteiger partial charge in [0, 0.05) is 21.7 Å². The number of hydrogen-bond acceptors (Lipinski definition) is 3. The lowest BCUT2D eigenvalue weighted by Gasteiger charge is -2.11. The van der Waals surface area contributed by atoms with Crippen LogP contribution in [-0.4, -0.2) is 15.0 Å². The lowest BCUT2D eigenvalue weighted by atomic mass is 10.2. The van der Waals surface area contributed by atoms with Gasteiger partial charge in [0.1, 0.15) is 0 Å². The van der Waals surface area contributed by atoms with Crippen molar-refractivity contribution in [3.8, 4) is 0 Å². The average molecular weight is 388 g/mol. The summed E-state index contributed by atoms with van der Waals surface area (Å²) in [7, 11) is -3.63. The standard InChI is InChI=1S/C14H12BrClN2O2S/c15-12-7-10(16)2-4-13(12)18-21(19,20)11-3-1-9-5-6-17-14(9)8-11/h1-4,7-8,17-18H,5-6H2. The molecule has 2 aromatic carbocycles. The van der Waals surface area contributed by atoms with E-state index < -0.39 is 10.0 Å². The molecular weight excluding hydrogens is 376 g/mol. The molecule has 3 rings (SSSR count). The molecule has 0 fully saturated rings. The monoisotopic (exact) mass is 386 g/mol. The van der Waals surface area contributed by atoms with Gasteiger partial charge in [-0.25, -0.2) is 8.42 Å². The summed E-state index contributed by atoms with van der Waals surface area (Å²) >= 11 is 9.15. The third-order valence-electron chi connectivity index (χ3n) is 3.28. The molecule has 0 unspecified atom stereocenters. The third-order valence-corrected chi connectivity index (χ3v) is 5.53. The summed E-state index contributed by atoms with van der Waals surface area (Å²) in [6.45, 7) is 0.842. The van der Waals surface area contributed by atoms with Gasteiger partial charge in [-0.15, -0.1) is 0 Å². The van der Waals surface area contributed by atoms with Gasteiger partial charge in [0.25, 0.3) is 10.0 Å². The average Bonchev–Trinajstić information content (AvgIpc) is 2.89. The van der Waals surface area contributed by atoms with E-state index in [9.17, 15) is 8.42 Å². The summed E-state index contributed by atoms with van der Waals surface area (Å²) in [6.07, 6.45) is 0.922. The first kappa shape index (κ1) is 14.7. The van der Waals surface area contributed by atoms with E-state index in [4.69, 9.17) is 11.6 Å². The fourth-order valence-electron chi connectivity index (χ4n) is 2.21. The number of hydrogen-bond donors (Lipinski definition) is 2. The number of halogens is 2. The zero-order valence-corrected chi connectivity index (χ0v) is 14.0. The molecule has 0 saturated carbocycles. The van der Waals surface area contributed by atoms with Gasteiger partial charge in [0.2, 0.25) is 0 Å². The minimum Gasteiger partial charge on any atom is -0.384 e. The summed E-state index contributed by atoms with van der Waals surface area (Å²) in [5.41, 5.74) is 2.47. The molecule has 1 aliphatic rings. The Hall–Kier alpha value is -1.24. The Bertz CT molecular complexity index is 809. The van der Waals surface area contributed by atoms with Crippen LogP contribution in [0.1, 0.15) is 5.56 Å². The molecule has 1 aliphatic heterocycles. The Morgan fingerprint density at radius 3 is 2.76 bits per heavy atom. The predicted molar refractivity (Wildman–Crippen MR) is 88.6 cm³/mol. The second-order valence-corrected chi connectivity index (χ2v) is 7.70. The van der Waals surface area contributed by atoms with E-state index in [2.05, 4.69) is 26.0 Å².